The van der Waals surface area contributed by atoms with Crippen molar-refractivity contribution in [3.63, 3.8) is 0 Å². The number of aryl methyl sites for hydroxylation is 3. The normalized spacial score (nSPS) is 10.5. The summed E-state index contributed by atoms with van der Waals surface area (Å²) in [4.78, 5) is 23.3. The van der Waals surface area contributed by atoms with E-state index in [1.165, 1.54) is 5.56 Å². The number of nitrogens with zero attached hydrogens (tertiary/aromatic N) is 3. The molecular formula is C22H25N5O. The summed E-state index contributed by atoms with van der Waals surface area (Å²) in [6, 6.07) is 15.1. The van der Waals surface area contributed by atoms with Crippen molar-refractivity contribution in [2.45, 2.75) is 20.8 Å². The predicted octanol–water partition coefficient (Wildman–Crippen LogP) is 4.46. The summed E-state index contributed by atoms with van der Waals surface area (Å²) in [7, 11) is 3.89. The van der Waals surface area contributed by atoms with Crippen LogP contribution < -0.4 is 15.5 Å². The molecule has 0 fully saturated rings. The minimum atomic E-state index is -0.124. The fourth-order valence-electron chi connectivity index (χ4n) is 2.69. The molecule has 6 heteroatoms. The largest absolute Gasteiger partial charge is 0.363 e. The lowest BCUT2D eigenvalue weighted by Crippen LogP contribution is -2.13. The molecule has 2 aromatic carbocycles. The van der Waals surface area contributed by atoms with Crippen LogP contribution >= 0.6 is 0 Å². The fourth-order valence-corrected chi connectivity index (χ4v) is 2.69. The van der Waals surface area contributed by atoms with E-state index >= 15 is 0 Å². The maximum atomic E-state index is 12.4. The zero-order chi connectivity index (χ0) is 20.3. The number of nitrogens with one attached hydrogen (secondary N) is 2. The molecule has 0 saturated carbocycles. The van der Waals surface area contributed by atoms with Gasteiger partial charge in [0.1, 0.15) is 5.82 Å². The Bertz CT molecular complexity index is 996. The van der Waals surface area contributed by atoms with Gasteiger partial charge in [-0.2, -0.15) is 4.98 Å². The van der Waals surface area contributed by atoms with Gasteiger partial charge in [-0.15, -0.1) is 0 Å². The average Bonchev–Trinajstić information content (AvgIpc) is 2.65. The molecule has 6 nitrogen and oxygen atoms in total. The van der Waals surface area contributed by atoms with E-state index in [1.54, 1.807) is 0 Å². The number of carbonyl (C=O) groups excluding carboxylic acids is 1. The van der Waals surface area contributed by atoms with Gasteiger partial charge in [0.05, 0.1) is 0 Å². The number of hydrogen-bond acceptors (Lipinski definition) is 5. The van der Waals surface area contributed by atoms with Gasteiger partial charge >= 0.3 is 0 Å². The van der Waals surface area contributed by atoms with Gasteiger partial charge in [-0.1, -0.05) is 6.07 Å². The first-order valence-electron chi connectivity index (χ1n) is 9.10. The third-order valence-electron chi connectivity index (χ3n) is 4.47. The highest BCUT2D eigenvalue weighted by atomic mass is 16.1. The van der Waals surface area contributed by atoms with Crippen LogP contribution in [0.4, 0.5) is 23.1 Å². The molecule has 28 heavy (non-hydrogen) atoms. The van der Waals surface area contributed by atoms with Crippen LogP contribution in [-0.2, 0) is 0 Å². The zero-order valence-corrected chi connectivity index (χ0v) is 16.9. The minimum Gasteiger partial charge on any atom is -0.363 e. The minimum absolute atomic E-state index is 0.124. The zero-order valence-electron chi connectivity index (χ0n) is 16.9. The first-order valence-corrected chi connectivity index (χ1v) is 9.10. The van der Waals surface area contributed by atoms with E-state index in [0.29, 0.717) is 11.5 Å². The number of anilines is 4. The summed E-state index contributed by atoms with van der Waals surface area (Å²) in [6.45, 7) is 5.97. The first-order chi connectivity index (χ1) is 13.3. The fraction of sp³-hybridized carbons (Fsp3) is 0.227. The SMILES string of the molecule is Cc1cc(N(C)C)nc(Nc2ccc(NC(=O)c3ccc(C)c(C)c3)cc2)n1. The lowest BCUT2D eigenvalue weighted by atomic mass is 10.1. The van der Waals surface area contributed by atoms with Crippen molar-refractivity contribution in [3.05, 3.63) is 70.9 Å². The lowest BCUT2D eigenvalue weighted by Gasteiger charge is -2.14. The Labute approximate surface area is 165 Å². The molecular weight excluding hydrogens is 350 g/mol. The summed E-state index contributed by atoms with van der Waals surface area (Å²) < 4.78 is 0. The molecule has 1 heterocycles. The van der Waals surface area contributed by atoms with Crippen LogP contribution in [-0.4, -0.2) is 30.0 Å². The summed E-state index contributed by atoms with van der Waals surface area (Å²) >= 11 is 0. The van der Waals surface area contributed by atoms with Crippen LogP contribution in [0.25, 0.3) is 0 Å². The highest BCUT2D eigenvalue weighted by Gasteiger charge is 2.08. The molecule has 0 aliphatic heterocycles. The Morgan fingerprint density at radius 1 is 0.857 bits per heavy atom. The average molecular weight is 375 g/mol. The molecule has 3 rings (SSSR count). The van der Waals surface area contributed by atoms with Crippen LogP contribution in [0.2, 0.25) is 0 Å². The summed E-state index contributed by atoms with van der Waals surface area (Å²) in [6.07, 6.45) is 0. The number of hydrogen-bond donors (Lipinski definition) is 2. The topological polar surface area (TPSA) is 70.2 Å². The van der Waals surface area contributed by atoms with Crippen LogP contribution in [0.15, 0.2) is 48.5 Å². The van der Waals surface area contributed by atoms with Crippen LogP contribution in [0.3, 0.4) is 0 Å². The first kappa shape index (κ1) is 19.4. The standard InChI is InChI=1S/C22H25N5O/c1-14-6-7-17(12-15(14)2)21(28)24-18-8-10-19(11-9-18)25-22-23-16(3)13-20(26-22)27(4)5/h6-13H,1-5H3,(H,24,28)(H,23,25,26). The van der Waals surface area contributed by atoms with E-state index in [-0.39, 0.29) is 5.91 Å². The third kappa shape index (κ3) is 4.65. The van der Waals surface area contributed by atoms with Gasteiger partial charge in [0.15, 0.2) is 0 Å². The third-order valence-corrected chi connectivity index (χ3v) is 4.47. The van der Waals surface area contributed by atoms with Gasteiger partial charge in [0, 0.05) is 42.8 Å². The number of aromatic nitrogens is 2. The van der Waals surface area contributed by atoms with Crippen LogP contribution in [0, 0.1) is 20.8 Å². The number of rotatable bonds is 5. The molecule has 0 unspecified atom stereocenters. The van der Waals surface area contributed by atoms with Crippen molar-refractivity contribution in [2.24, 2.45) is 0 Å². The molecule has 1 aromatic heterocycles. The van der Waals surface area contributed by atoms with E-state index in [9.17, 15) is 4.79 Å². The van der Waals surface area contributed by atoms with Crippen molar-refractivity contribution in [1.29, 1.82) is 0 Å². The van der Waals surface area contributed by atoms with E-state index in [4.69, 9.17) is 0 Å². The maximum Gasteiger partial charge on any atom is 0.255 e. The quantitative estimate of drug-likeness (QED) is 0.689. The summed E-state index contributed by atoms with van der Waals surface area (Å²) in [5, 5.41) is 6.13. The summed E-state index contributed by atoms with van der Waals surface area (Å²) in [5.41, 5.74) is 5.38. The van der Waals surface area contributed by atoms with E-state index in [0.717, 1.165) is 28.5 Å². The second kappa shape index (κ2) is 8.08. The van der Waals surface area contributed by atoms with Gasteiger partial charge in [-0.3, -0.25) is 4.79 Å². The molecule has 0 spiro atoms. The number of amides is 1. The Morgan fingerprint density at radius 2 is 1.54 bits per heavy atom. The predicted molar refractivity (Wildman–Crippen MR) is 115 cm³/mol. The second-order valence-corrected chi connectivity index (χ2v) is 7.04. The molecule has 0 radical (unpaired) electrons. The highest BCUT2D eigenvalue weighted by Crippen LogP contribution is 2.20. The molecule has 0 aliphatic rings. The van der Waals surface area contributed by atoms with E-state index in [2.05, 4.69) is 20.6 Å². The molecule has 0 atom stereocenters. The molecule has 0 saturated heterocycles. The second-order valence-electron chi connectivity index (χ2n) is 7.04. The number of carbonyl (C=O) groups is 1. The Kier molecular flexibility index (Phi) is 5.59. The van der Waals surface area contributed by atoms with E-state index < -0.39 is 0 Å². The van der Waals surface area contributed by atoms with Gasteiger partial charge in [0.25, 0.3) is 5.91 Å². The molecule has 0 bridgehead atoms. The van der Waals surface area contributed by atoms with Crippen molar-refractivity contribution in [3.8, 4) is 0 Å². The van der Waals surface area contributed by atoms with Gasteiger partial charge in [-0.25, -0.2) is 4.98 Å². The number of benzene rings is 2. The molecule has 2 N–H and O–H groups in total. The Balaban J connectivity index is 1.70. The smallest absolute Gasteiger partial charge is 0.255 e. The maximum absolute atomic E-state index is 12.4. The lowest BCUT2D eigenvalue weighted by molar-refractivity contribution is 0.102. The molecule has 0 aliphatic carbocycles. The van der Waals surface area contributed by atoms with Gasteiger partial charge in [-0.05, 0) is 68.3 Å². The summed E-state index contributed by atoms with van der Waals surface area (Å²) in [5.74, 6) is 1.25. The van der Waals surface area contributed by atoms with Crippen molar-refractivity contribution in [2.75, 3.05) is 29.6 Å². The molecule has 3 aromatic rings. The van der Waals surface area contributed by atoms with Crippen LogP contribution in [0.1, 0.15) is 27.2 Å². The van der Waals surface area contributed by atoms with Gasteiger partial charge in [0.2, 0.25) is 5.95 Å². The molecule has 1 amide bonds. The van der Waals surface area contributed by atoms with Crippen molar-refractivity contribution in [1.82, 2.24) is 9.97 Å². The highest BCUT2D eigenvalue weighted by molar-refractivity contribution is 6.04. The van der Waals surface area contributed by atoms with Crippen molar-refractivity contribution >= 4 is 29.0 Å². The van der Waals surface area contributed by atoms with E-state index in [1.807, 2.05) is 88.3 Å². The monoisotopic (exact) mass is 375 g/mol. The van der Waals surface area contributed by atoms with Gasteiger partial charge < -0.3 is 15.5 Å². The Morgan fingerprint density at radius 3 is 2.18 bits per heavy atom. The van der Waals surface area contributed by atoms with Crippen LogP contribution in [0.5, 0.6) is 0 Å². The molecule has 144 valence electrons. The Hall–Kier alpha value is -3.41. The van der Waals surface area contributed by atoms with Crippen molar-refractivity contribution < 1.29 is 4.79 Å².